The Morgan fingerprint density at radius 2 is 1.61 bits per heavy atom. The number of rotatable bonds is 5. The van der Waals surface area contributed by atoms with E-state index < -0.39 is 68.0 Å². The van der Waals surface area contributed by atoms with Crippen LogP contribution in [0.15, 0.2) is 35.2 Å². The normalized spacial score (nSPS) is 21.7. The Labute approximate surface area is 174 Å². The van der Waals surface area contributed by atoms with E-state index in [1.54, 1.807) is 0 Å². The van der Waals surface area contributed by atoms with Crippen LogP contribution in [-0.2, 0) is 10.0 Å². The van der Waals surface area contributed by atoms with Crippen molar-refractivity contribution >= 4 is 21.6 Å². The lowest BCUT2D eigenvalue weighted by molar-refractivity contribution is -0.0242. The van der Waals surface area contributed by atoms with E-state index in [0.29, 0.717) is 30.7 Å². The highest BCUT2D eigenvalue weighted by atomic mass is 32.2. The molecule has 1 saturated carbocycles. The summed E-state index contributed by atoms with van der Waals surface area (Å²) in [5.41, 5.74) is -0.802. The largest absolute Gasteiger partial charge is 0.390 e. The summed E-state index contributed by atoms with van der Waals surface area (Å²) in [6.07, 6.45) is -1.60. The summed E-state index contributed by atoms with van der Waals surface area (Å²) in [6, 6.07) is 2.34. The van der Waals surface area contributed by atoms with E-state index in [4.69, 9.17) is 0 Å². The van der Waals surface area contributed by atoms with Crippen LogP contribution in [0.4, 0.5) is 23.2 Å². The monoisotopic (exact) mass is 462 g/mol. The Bertz CT molecular complexity index is 1090. The number of sulfonamides is 1. The van der Waals surface area contributed by atoms with Crippen molar-refractivity contribution in [3.8, 4) is 0 Å². The standard InChI is InChI=1S/C19H18F4N2O5S/c20-11-5-4-9(19(28)24-10-7-12(21)17(23)13(22)8-10)6-16(11)31(29,30)25-14-2-1-3-15(26)18(14)27/h4-8,14-15,18,25-27H,1-3H2,(H,24,28). The van der Waals surface area contributed by atoms with Crippen LogP contribution in [0.25, 0.3) is 0 Å². The topological polar surface area (TPSA) is 116 Å². The molecule has 4 N–H and O–H groups in total. The van der Waals surface area contributed by atoms with Crippen molar-refractivity contribution in [3.63, 3.8) is 0 Å². The van der Waals surface area contributed by atoms with Crippen LogP contribution in [-0.4, -0.2) is 42.8 Å². The Hall–Kier alpha value is -2.54. The number of amides is 1. The summed E-state index contributed by atoms with van der Waals surface area (Å²) < 4.78 is 81.2. The summed E-state index contributed by atoms with van der Waals surface area (Å²) in [7, 11) is -4.54. The zero-order valence-corrected chi connectivity index (χ0v) is 16.6. The van der Waals surface area contributed by atoms with Crippen LogP contribution < -0.4 is 10.0 Å². The molecule has 0 bridgehead atoms. The molecular formula is C19H18F4N2O5S. The van der Waals surface area contributed by atoms with Gasteiger partial charge < -0.3 is 15.5 Å². The first-order chi connectivity index (χ1) is 14.5. The van der Waals surface area contributed by atoms with Gasteiger partial charge >= 0.3 is 0 Å². The van der Waals surface area contributed by atoms with Crippen LogP contribution in [0, 0.1) is 23.3 Å². The first-order valence-corrected chi connectivity index (χ1v) is 10.6. The predicted molar refractivity (Wildman–Crippen MR) is 101 cm³/mol. The highest BCUT2D eigenvalue weighted by Gasteiger charge is 2.34. The molecule has 31 heavy (non-hydrogen) atoms. The fourth-order valence-corrected chi connectivity index (χ4v) is 4.62. The Morgan fingerprint density at radius 1 is 0.968 bits per heavy atom. The van der Waals surface area contributed by atoms with Crippen molar-refractivity contribution in [1.29, 1.82) is 0 Å². The number of nitrogens with one attached hydrogen (secondary N) is 2. The van der Waals surface area contributed by atoms with Gasteiger partial charge in [0.1, 0.15) is 10.7 Å². The van der Waals surface area contributed by atoms with E-state index >= 15 is 0 Å². The van der Waals surface area contributed by atoms with Crippen LogP contribution in [0.1, 0.15) is 29.6 Å². The molecule has 0 radical (unpaired) electrons. The number of carbonyl (C=O) groups is 1. The van der Waals surface area contributed by atoms with E-state index in [0.717, 1.165) is 6.07 Å². The van der Waals surface area contributed by atoms with E-state index in [1.165, 1.54) is 0 Å². The van der Waals surface area contributed by atoms with Gasteiger partial charge in [0.25, 0.3) is 5.91 Å². The molecule has 7 nitrogen and oxygen atoms in total. The number of carbonyl (C=O) groups excluding carboxylic acids is 1. The summed E-state index contributed by atoms with van der Waals surface area (Å²) in [4.78, 5) is 11.4. The minimum atomic E-state index is -4.54. The number of hydrogen-bond donors (Lipinski definition) is 4. The third-order valence-corrected chi connectivity index (χ3v) is 6.36. The molecule has 0 aromatic heterocycles. The summed E-state index contributed by atoms with van der Waals surface area (Å²) in [6.45, 7) is 0. The molecule has 2 aromatic carbocycles. The molecule has 3 unspecified atom stereocenters. The zero-order valence-electron chi connectivity index (χ0n) is 15.8. The maximum Gasteiger partial charge on any atom is 0.255 e. The fourth-order valence-electron chi connectivity index (χ4n) is 3.23. The zero-order chi connectivity index (χ0) is 22.9. The van der Waals surface area contributed by atoms with Crippen molar-refractivity contribution in [2.75, 3.05) is 5.32 Å². The SMILES string of the molecule is O=C(Nc1cc(F)c(F)c(F)c1)c1ccc(F)c(S(=O)(=O)NC2CCCC(O)C2O)c1. The van der Waals surface area contributed by atoms with Gasteiger partial charge in [-0.25, -0.2) is 30.7 Å². The van der Waals surface area contributed by atoms with Gasteiger partial charge in [-0.2, -0.15) is 0 Å². The maximum atomic E-state index is 14.2. The van der Waals surface area contributed by atoms with Gasteiger partial charge in [-0.05, 0) is 37.5 Å². The van der Waals surface area contributed by atoms with Gasteiger partial charge in [0, 0.05) is 23.4 Å². The van der Waals surface area contributed by atoms with Gasteiger partial charge in [0.15, 0.2) is 17.5 Å². The molecule has 0 heterocycles. The Morgan fingerprint density at radius 3 is 2.26 bits per heavy atom. The van der Waals surface area contributed by atoms with E-state index in [9.17, 15) is 41.0 Å². The van der Waals surface area contributed by atoms with E-state index in [2.05, 4.69) is 10.0 Å². The fraction of sp³-hybridized carbons (Fsp3) is 0.316. The lowest BCUT2D eigenvalue weighted by atomic mass is 9.91. The van der Waals surface area contributed by atoms with Gasteiger partial charge in [-0.3, -0.25) is 4.79 Å². The smallest absolute Gasteiger partial charge is 0.255 e. The number of benzene rings is 2. The molecule has 168 valence electrons. The average Bonchev–Trinajstić information content (AvgIpc) is 2.69. The number of anilines is 1. The van der Waals surface area contributed by atoms with Crippen molar-refractivity contribution in [2.45, 2.75) is 42.4 Å². The first kappa shape index (κ1) is 23.1. The molecule has 0 spiro atoms. The number of aliphatic hydroxyl groups is 2. The molecule has 12 heteroatoms. The van der Waals surface area contributed by atoms with E-state index in [1.807, 2.05) is 0 Å². The summed E-state index contributed by atoms with van der Waals surface area (Å²) in [5.74, 6) is -7.04. The average molecular weight is 462 g/mol. The quantitative estimate of drug-likeness (QED) is 0.401. The van der Waals surface area contributed by atoms with Crippen LogP contribution in [0.5, 0.6) is 0 Å². The second kappa shape index (κ2) is 8.91. The molecule has 0 aliphatic heterocycles. The molecule has 3 rings (SSSR count). The van der Waals surface area contributed by atoms with Crippen LogP contribution in [0.2, 0.25) is 0 Å². The number of aliphatic hydroxyl groups excluding tert-OH is 2. The molecular weight excluding hydrogens is 444 g/mol. The van der Waals surface area contributed by atoms with Crippen LogP contribution in [0.3, 0.4) is 0 Å². The maximum absolute atomic E-state index is 14.2. The second-order valence-corrected chi connectivity index (χ2v) is 8.75. The van der Waals surface area contributed by atoms with Gasteiger partial charge in [-0.1, -0.05) is 0 Å². The minimum Gasteiger partial charge on any atom is -0.390 e. The number of halogens is 4. The van der Waals surface area contributed by atoms with Crippen molar-refractivity contribution < 1.29 is 41.0 Å². The summed E-state index contributed by atoms with van der Waals surface area (Å²) >= 11 is 0. The Balaban J connectivity index is 1.84. The highest BCUT2D eigenvalue weighted by Crippen LogP contribution is 2.24. The minimum absolute atomic E-state index is 0.209. The highest BCUT2D eigenvalue weighted by molar-refractivity contribution is 7.89. The Kier molecular flexibility index (Phi) is 6.65. The predicted octanol–water partition coefficient (Wildman–Crippen LogP) is 2.05. The van der Waals surface area contributed by atoms with Crippen molar-refractivity contribution in [3.05, 3.63) is 59.2 Å². The molecule has 1 aliphatic rings. The van der Waals surface area contributed by atoms with Gasteiger partial charge in [0.2, 0.25) is 10.0 Å². The molecule has 2 aromatic rings. The van der Waals surface area contributed by atoms with Crippen LogP contribution >= 0.6 is 0 Å². The summed E-state index contributed by atoms with van der Waals surface area (Å²) in [5, 5.41) is 21.7. The lowest BCUT2D eigenvalue weighted by Gasteiger charge is -2.32. The van der Waals surface area contributed by atoms with Crippen molar-refractivity contribution in [1.82, 2.24) is 4.72 Å². The third kappa shape index (κ3) is 5.03. The molecule has 3 atom stereocenters. The molecule has 1 fully saturated rings. The number of hydrogen-bond acceptors (Lipinski definition) is 5. The van der Waals surface area contributed by atoms with Gasteiger partial charge in [0.05, 0.1) is 18.2 Å². The second-order valence-electron chi connectivity index (χ2n) is 7.07. The molecule has 1 aliphatic carbocycles. The molecule has 0 saturated heterocycles. The molecule has 1 amide bonds. The third-order valence-electron chi connectivity index (χ3n) is 4.85. The van der Waals surface area contributed by atoms with Crippen molar-refractivity contribution in [2.24, 2.45) is 0 Å². The van der Waals surface area contributed by atoms with Gasteiger partial charge in [-0.15, -0.1) is 0 Å². The lowest BCUT2D eigenvalue weighted by Crippen LogP contribution is -2.51. The van der Waals surface area contributed by atoms with E-state index in [-0.39, 0.29) is 18.4 Å². The first-order valence-electron chi connectivity index (χ1n) is 9.13.